The Morgan fingerprint density at radius 3 is 1.00 bits per heavy atom. The third-order valence-electron chi connectivity index (χ3n) is 0. The maximum absolute atomic E-state index is 9.63. The van der Waals surface area contributed by atoms with Gasteiger partial charge in [-0.3, -0.25) is 0 Å². The van der Waals surface area contributed by atoms with Gasteiger partial charge in [0, 0.05) is 12.5 Å². The molecule has 0 rings (SSSR count). The van der Waals surface area contributed by atoms with Gasteiger partial charge in [-0.25, -0.2) is 8.42 Å². The first kappa shape index (κ1) is 24.0. The number of phosphoric acid groups is 1. The summed E-state index contributed by atoms with van der Waals surface area (Å²) in [5.74, 6) is 0. The normalized spacial score (nSPS) is 9.75. The Morgan fingerprint density at radius 2 is 1.00 bits per heavy atom. The van der Waals surface area contributed by atoms with Crippen LogP contribution in [0.5, 0.6) is 0 Å². The maximum Gasteiger partial charge on any atom is 2.00 e. The van der Waals surface area contributed by atoms with Gasteiger partial charge in [-0.1, -0.05) is 0 Å². The van der Waals surface area contributed by atoms with Crippen LogP contribution >= 0.6 is 7.82 Å². The number of rotatable bonds is 0. The fourth-order valence-electron chi connectivity index (χ4n) is 0. The first-order chi connectivity index (χ1) is 4.00. The van der Waals surface area contributed by atoms with Gasteiger partial charge in [-0.15, -0.1) is 0 Å². The molecular formula is C2H6Ca2O6PS+. The van der Waals surface area contributed by atoms with Gasteiger partial charge in [-0.05, 0) is 0 Å². The SMILES string of the molecule is CS(C)(=O)=O.O=P([O-])([O-])[O-].[Ca+2].[Ca+2]. The van der Waals surface area contributed by atoms with Crippen LogP contribution in [0.3, 0.4) is 0 Å². The van der Waals surface area contributed by atoms with E-state index in [1.807, 2.05) is 0 Å². The molecule has 0 radical (unpaired) electrons. The Bertz CT molecular complexity index is 201. The summed E-state index contributed by atoms with van der Waals surface area (Å²) in [7, 11) is -8.06. The predicted molar refractivity (Wildman–Crippen MR) is 39.9 cm³/mol. The summed E-state index contributed by atoms with van der Waals surface area (Å²) in [6.45, 7) is 0. The fourth-order valence-corrected chi connectivity index (χ4v) is 0. The van der Waals surface area contributed by atoms with Gasteiger partial charge in [0.2, 0.25) is 0 Å². The Kier molecular flexibility index (Phi) is 20.2. The zero-order valence-corrected chi connectivity index (χ0v) is 12.8. The summed E-state index contributed by atoms with van der Waals surface area (Å²) < 4.78 is 27.8. The molecule has 0 heterocycles. The number of hydrogen-bond acceptors (Lipinski definition) is 6. The molecule has 0 aromatic heterocycles. The molecule has 0 saturated heterocycles. The van der Waals surface area contributed by atoms with Crippen molar-refractivity contribution < 1.29 is 27.7 Å². The van der Waals surface area contributed by atoms with E-state index in [2.05, 4.69) is 0 Å². The van der Waals surface area contributed by atoms with Crippen LogP contribution in [0.1, 0.15) is 0 Å². The van der Waals surface area contributed by atoms with Crippen LogP contribution in [0.2, 0.25) is 0 Å². The molecule has 0 aliphatic carbocycles. The molecule has 0 atom stereocenters. The molecule has 0 unspecified atom stereocenters. The largest absolute Gasteiger partial charge is 2.00 e. The van der Waals surface area contributed by atoms with E-state index in [1.54, 1.807) is 0 Å². The van der Waals surface area contributed by atoms with Crippen LogP contribution in [0.4, 0.5) is 0 Å². The minimum Gasteiger partial charge on any atom is -0.822 e. The molecule has 0 saturated carbocycles. The average Bonchev–Trinajstić information content (AvgIpc) is 1.12. The van der Waals surface area contributed by atoms with E-state index in [0.717, 1.165) is 12.5 Å². The van der Waals surface area contributed by atoms with Gasteiger partial charge in [0.15, 0.2) is 0 Å². The molecule has 12 heavy (non-hydrogen) atoms. The maximum atomic E-state index is 9.63. The monoisotopic (exact) mass is 269 g/mol. The van der Waals surface area contributed by atoms with Crippen molar-refractivity contribution in [2.45, 2.75) is 0 Å². The van der Waals surface area contributed by atoms with E-state index in [0.29, 0.717) is 0 Å². The van der Waals surface area contributed by atoms with E-state index >= 15 is 0 Å². The predicted octanol–water partition coefficient (Wildman–Crippen LogP) is -3.93. The van der Waals surface area contributed by atoms with Gasteiger partial charge < -0.3 is 19.2 Å². The van der Waals surface area contributed by atoms with Crippen molar-refractivity contribution >= 4 is 93.1 Å². The second kappa shape index (κ2) is 10.1. The summed E-state index contributed by atoms with van der Waals surface area (Å²) in [6.07, 6.45) is 2.32. The molecule has 0 aromatic rings. The molecular weight excluding hydrogens is 263 g/mol. The first-order valence-electron chi connectivity index (χ1n) is 1.88. The topological polar surface area (TPSA) is 120 Å². The van der Waals surface area contributed by atoms with Crippen LogP contribution in [0.25, 0.3) is 0 Å². The van der Waals surface area contributed by atoms with Gasteiger partial charge in [0.25, 0.3) is 0 Å². The number of sulfone groups is 1. The van der Waals surface area contributed by atoms with Gasteiger partial charge in [-0.2, -0.15) is 7.82 Å². The van der Waals surface area contributed by atoms with E-state index in [-0.39, 0.29) is 75.5 Å². The smallest absolute Gasteiger partial charge is 0.822 e. The van der Waals surface area contributed by atoms with E-state index < -0.39 is 17.7 Å². The quantitative estimate of drug-likeness (QED) is 0.327. The molecule has 0 N–H and O–H groups in total. The summed E-state index contributed by atoms with van der Waals surface area (Å²) in [6, 6.07) is 0. The molecule has 10 heteroatoms. The fraction of sp³-hybridized carbons (Fsp3) is 1.00. The van der Waals surface area contributed by atoms with Crippen LogP contribution in [0.15, 0.2) is 0 Å². The van der Waals surface area contributed by atoms with Crippen LogP contribution in [-0.2, 0) is 14.4 Å². The molecule has 0 amide bonds. The summed E-state index contributed by atoms with van der Waals surface area (Å²) in [5, 5.41) is 0. The van der Waals surface area contributed by atoms with Crippen molar-refractivity contribution in [3.63, 3.8) is 0 Å². The standard InChI is InChI=1S/C2H6O2S.2Ca.H3O4P/c1-5(2,3)4;;;1-5(2,3)4/h1-2H3;;;(H3,1,2,3,4)/q;2*+2;/p-3. The molecule has 0 aliphatic heterocycles. The van der Waals surface area contributed by atoms with Crippen molar-refractivity contribution in [3.05, 3.63) is 0 Å². The first-order valence-corrected chi connectivity index (χ1v) is 5.64. The van der Waals surface area contributed by atoms with Crippen LogP contribution in [0, 0.1) is 0 Å². The van der Waals surface area contributed by atoms with Crippen molar-refractivity contribution in [3.8, 4) is 0 Å². The second-order valence-corrected chi connectivity index (χ2v) is 4.77. The van der Waals surface area contributed by atoms with Crippen molar-refractivity contribution in [2.24, 2.45) is 0 Å². The van der Waals surface area contributed by atoms with E-state index in [9.17, 15) is 8.42 Å². The van der Waals surface area contributed by atoms with Gasteiger partial charge in [0.05, 0.1) is 0 Å². The van der Waals surface area contributed by atoms with Crippen LogP contribution in [-0.4, -0.2) is 96.4 Å². The van der Waals surface area contributed by atoms with Crippen molar-refractivity contribution in [1.29, 1.82) is 0 Å². The summed E-state index contributed by atoms with van der Waals surface area (Å²) in [5.41, 5.74) is 0. The minimum absolute atomic E-state index is 0. The van der Waals surface area contributed by atoms with Crippen LogP contribution < -0.4 is 14.7 Å². The summed E-state index contributed by atoms with van der Waals surface area (Å²) in [4.78, 5) is 25.6. The number of hydrogen-bond donors (Lipinski definition) is 0. The third-order valence-corrected chi connectivity index (χ3v) is 0. The minimum atomic E-state index is -5.39. The van der Waals surface area contributed by atoms with Gasteiger partial charge in [0.1, 0.15) is 9.84 Å². The van der Waals surface area contributed by atoms with E-state index in [4.69, 9.17) is 19.2 Å². The zero-order valence-electron chi connectivity index (χ0n) is 6.72. The third kappa shape index (κ3) is 253. The second-order valence-electron chi connectivity index (χ2n) is 1.59. The molecule has 0 spiro atoms. The van der Waals surface area contributed by atoms with E-state index in [1.165, 1.54) is 0 Å². The van der Waals surface area contributed by atoms with Gasteiger partial charge >= 0.3 is 75.5 Å². The Morgan fingerprint density at radius 1 is 1.00 bits per heavy atom. The Labute approximate surface area is 131 Å². The molecule has 0 aromatic carbocycles. The Balaban J connectivity index is -0.0000000457. The van der Waals surface area contributed by atoms with Crippen molar-refractivity contribution in [1.82, 2.24) is 0 Å². The average molecular weight is 269 g/mol. The summed E-state index contributed by atoms with van der Waals surface area (Å²) >= 11 is 0. The molecule has 64 valence electrons. The molecule has 0 aliphatic rings. The Hall–Kier alpha value is 2.58. The zero-order chi connectivity index (χ0) is 9.00. The molecule has 6 nitrogen and oxygen atoms in total. The van der Waals surface area contributed by atoms with Crippen molar-refractivity contribution in [2.75, 3.05) is 12.5 Å². The molecule has 0 bridgehead atoms. The molecule has 0 fully saturated rings.